The third-order valence-electron chi connectivity index (χ3n) is 2.37. The zero-order chi connectivity index (χ0) is 13.1. The summed E-state index contributed by atoms with van der Waals surface area (Å²) in [5, 5.41) is 0. The molecule has 0 saturated heterocycles. The summed E-state index contributed by atoms with van der Waals surface area (Å²) >= 11 is 0. The molecule has 0 aliphatic carbocycles. The molecule has 1 aromatic carbocycles. The molecule has 0 amide bonds. The molecule has 1 aromatic rings. The molecule has 0 unspecified atom stereocenters. The molecule has 0 spiro atoms. The molecule has 17 heavy (non-hydrogen) atoms. The summed E-state index contributed by atoms with van der Waals surface area (Å²) in [4.78, 5) is 11.5. The largest absolute Gasteiger partial charge is 0.496 e. The molecule has 0 N–H and O–H groups in total. The van der Waals surface area contributed by atoms with E-state index in [1.807, 2.05) is 0 Å². The van der Waals surface area contributed by atoms with Gasteiger partial charge in [0.25, 0.3) is 0 Å². The normalized spacial score (nSPS) is 11.4. The Morgan fingerprint density at radius 3 is 2.53 bits per heavy atom. The maximum atomic E-state index is 12.0. The minimum absolute atomic E-state index is 0.247. The van der Waals surface area contributed by atoms with Gasteiger partial charge < -0.3 is 4.74 Å². The van der Waals surface area contributed by atoms with Crippen LogP contribution in [0.1, 0.15) is 28.8 Å². The molecule has 0 atom stereocenters. The van der Waals surface area contributed by atoms with Crippen molar-refractivity contribution in [2.24, 2.45) is 0 Å². The number of Topliss-reactive ketones (excluding diaryl/α,β-unsaturated/α-hetero) is 1. The Balaban J connectivity index is 2.76. The molecule has 0 radical (unpaired) electrons. The lowest BCUT2D eigenvalue weighted by Crippen LogP contribution is -2.11. The van der Waals surface area contributed by atoms with Crippen LogP contribution in [0.3, 0.4) is 0 Å². The van der Waals surface area contributed by atoms with E-state index in [1.165, 1.54) is 19.2 Å². The summed E-state index contributed by atoms with van der Waals surface area (Å²) in [6.45, 7) is 1.79. The van der Waals surface area contributed by atoms with Crippen molar-refractivity contribution in [1.29, 1.82) is 0 Å². The highest BCUT2D eigenvalue weighted by molar-refractivity contribution is 5.96. The molecule has 0 heterocycles. The first-order valence-electron chi connectivity index (χ1n) is 5.08. The average Bonchev–Trinajstić information content (AvgIpc) is 2.25. The van der Waals surface area contributed by atoms with Crippen LogP contribution >= 0.6 is 0 Å². The second-order valence-corrected chi connectivity index (χ2v) is 3.72. The quantitative estimate of drug-likeness (QED) is 0.760. The Labute approximate surface area is 97.4 Å². The summed E-state index contributed by atoms with van der Waals surface area (Å²) in [6.07, 6.45) is -5.93. The molecule has 0 bridgehead atoms. The van der Waals surface area contributed by atoms with Gasteiger partial charge in [-0.15, -0.1) is 0 Å². The predicted molar refractivity (Wildman–Crippen MR) is 57.4 cm³/mol. The van der Waals surface area contributed by atoms with Gasteiger partial charge in [0.15, 0.2) is 5.78 Å². The van der Waals surface area contributed by atoms with Crippen molar-refractivity contribution in [3.8, 4) is 5.75 Å². The van der Waals surface area contributed by atoms with Gasteiger partial charge in [-0.3, -0.25) is 4.79 Å². The number of hydrogen-bond acceptors (Lipinski definition) is 2. The van der Waals surface area contributed by atoms with E-state index in [-0.39, 0.29) is 5.56 Å². The predicted octanol–water partition coefficient (Wildman–Crippen LogP) is 3.53. The molecule has 5 heteroatoms. The summed E-state index contributed by atoms with van der Waals surface area (Å²) in [6, 6.07) is 4.63. The third kappa shape index (κ3) is 4.09. The summed E-state index contributed by atoms with van der Waals surface area (Å²) in [5.41, 5.74) is 1.08. The highest BCUT2D eigenvalue weighted by atomic mass is 19.4. The lowest BCUT2D eigenvalue weighted by molar-refractivity contribution is -0.133. The van der Waals surface area contributed by atoms with E-state index in [2.05, 4.69) is 0 Å². The van der Waals surface area contributed by atoms with Crippen LogP contribution in [-0.4, -0.2) is 19.1 Å². The van der Waals surface area contributed by atoms with Gasteiger partial charge in [0.2, 0.25) is 0 Å². The fourth-order valence-corrected chi connectivity index (χ4v) is 1.39. The van der Waals surface area contributed by atoms with E-state index in [4.69, 9.17) is 4.74 Å². The standard InChI is InChI=1S/C12H13F3O2/c1-8-3-4-9(7-11(8)17-2)10(16)5-6-12(13,14)15/h3-4,7H,5-6H2,1-2H3. The second kappa shape index (κ2) is 5.21. The van der Waals surface area contributed by atoms with Gasteiger partial charge >= 0.3 is 6.18 Å². The Hall–Kier alpha value is -1.52. The zero-order valence-electron chi connectivity index (χ0n) is 9.60. The number of carbonyl (C=O) groups excluding carboxylic acids is 1. The molecule has 0 fully saturated rings. The van der Waals surface area contributed by atoms with Crippen LogP contribution < -0.4 is 4.74 Å². The Morgan fingerprint density at radius 2 is 2.00 bits per heavy atom. The first kappa shape index (κ1) is 13.5. The molecule has 0 aliphatic rings. The van der Waals surface area contributed by atoms with Gasteiger partial charge in [-0.2, -0.15) is 13.2 Å². The van der Waals surface area contributed by atoms with Crippen molar-refractivity contribution in [1.82, 2.24) is 0 Å². The van der Waals surface area contributed by atoms with Crippen LogP contribution in [0.4, 0.5) is 13.2 Å². The number of methoxy groups -OCH3 is 1. The molecule has 2 nitrogen and oxygen atoms in total. The number of halogens is 3. The van der Waals surface area contributed by atoms with E-state index >= 15 is 0 Å². The van der Waals surface area contributed by atoms with Crippen LogP contribution in [0, 0.1) is 6.92 Å². The number of carbonyl (C=O) groups is 1. The van der Waals surface area contributed by atoms with Crippen molar-refractivity contribution in [3.63, 3.8) is 0 Å². The van der Waals surface area contributed by atoms with Crippen LogP contribution in [0.5, 0.6) is 5.75 Å². The Morgan fingerprint density at radius 1 is 1.35 bits per heavy atom. The van der Waals surface area contributed by atoms with Gasteiger partial charge in [0.05, 0.1) is 13.5 Å². The number of hydrogen-bond donors (Lipinski definition) is 0. The highest BCUT2D eigenvalue weighted by Crippen LogP contribution is 2.24. The molecule has 0 aliphatic heterocycles. The second-order valence-electron chi connectivity index (χ2n) is 3.72. The smallest absolute Gasteiger partial charge is 0.389 e. The number of ketones is 1. The molecule has 94 valence electrons. The van der Waals surface area contributed by atoms with E-state index in [1.54, 1.807) is 13.0 Å². The molecular formula is C12H13F3O2. The lowest BCUT2D eigenvalue weighted by atomic mass is 10.0. The topological polar surface area (TPSA) is 26.3 Å². The van der Waals surface area contributed by atoms with E-state index in [0.717, 1.165) is 5.56 Å². The minimum atomic E-state index is -4.30. The molecular weight excluding hydrogens is 233 g/mol. The van der Waals surface area contributed by atoms with Crippen LogP contribution in [-0.2, 0) is 0 Å². The maximum Gasteiger partial charge on any atom is 0.389 e. The monoisotopic (exact) mass is 246 g/mol. The number of alkyl halides is 3. The van der Waals surface area contributed by atoms with Crippen molar-refractivity contribution >= 4 is 5.78 Å². The number of benzene rings is 1. The van der Waals surface area contributed by atoms with Crippen molar-refractivity contribution in [2.75, 3.05) is 7.11 Å². The third-order valence-corrected chi connectivity index (χ3v) is 2.37. The summed E-state index contributed by atoms with van der Waals surface area (Å²) in [7, 11) is 1.45. The minimum Gasteiger partial charge on any atom is -0.496 e. The fourth-order valence-electron chi connectivity index (χ4n) is 1.39. The number of rotatable bonds is 4. The van der Waals surface area contributed by atoms with Gasteiger partial charge in [0.1, 0.15) is 5.75 Å². The molecule has 0 saturated carbocycles. The van der Waals surface area contributed by atoms with Gasteiger partial charge in [-0.05, 0) is 18.6 Å². The number of aryl methyl sites for hydroxylation is 1. The maximum absolute atomic E-state index is 12.0. The Bertz CT molecular complexity index is 411. The average molecular weight is 246 g/mol. The number of ether oxygens (including phenoxy) is 1. The van der Waals surface area contributed by atoms with Gasteiger partial charge in [-0.1, -0.05) is 12.1 Å². The van der Waals surface area contributed by atoms with E-state index < -0.39 is 24.8 Å². The summed E-state index contributed by atoms with van der Waals surface area (Å²) in [5.74, 6) is -0.0246. The highest BCUT2D eigenvalue weighted by Gasteiger charge is 2.28. The van der Waals surface area contributed by atoms with Crippen molar-refractivity contribution in [2.45, 2.75) is 25.9 Å². The van der Waals surface area contributed by atoms with Crippen LogP contribution in [0.25, 0.3) is 0 Å². The lowest BCUT2D eigenvalue weighted by Gasteiger charge is -2.08. The van der Waals surface area contributed by atoms with Crippen LogP contribution in [0.2, 0.25) is 0 Å². The van der Waals surface area contributed by atoms with E-state index in [9.17, 15) is 18.0 Å². The molecule has 1 rings (SSSR count). The van der Waals surface area contributed by atoms with E-state index in [0.29, 0.717) is 5.75 Å². The van der Waals surface area contributed by atoms with Crippen molar-refractivity contribution in [3.05, 3.63) is 29.3 Å². The zero-order valence-corrected chi connectivity index (χ0v) is 9.60. The Kier molecular flexibility index (Phi) is 4.15. The van der Waals surface area contributed by atoms with Crippen LogP contribution in [0.15, 0.2) is 18.2 Å². The first-order chi connectivity index (χ1) is 7.83. The first-order valence-corrected chi connectivity index (χ1v) is 5.08. The fraction of sp³-hybridized carbons (Fsp3) is 0.417. The van der Waals surface area contributed by atoms with Crippen molar-refractivity contribution < 1.29 is 22.7 Å². The van der Waals surface area contributed by atoms with Gasteiger partial charge in [-0.25, -0.2) is 0 Å². The van der Waals surface area contributed by atoms with Gasteiger partial charge in [0, 0.05) is 12.0 Å². The molecule has 0 aromatic heterocycles. The summed E-state index contributed by atoms with van der Waals surface area (Å²) < 4.78 is 40.9. The SMILES string of the molecule is COc1cc(C(=O)CCC(F)(F)F)ccc1C.